The quantitative estimate of drug-likeness (QED) is 0.701. The van der Waals surface area contributed by atoms with Crippen LogP contribution in [0.5, 0.6) is 5.75 Å². The fourth-order valence-corrected chi connectivity index (χ4v) is 2.97. The molecule has 2 rings (SSSR count). The predicted molar refractivity (Wildman–Crippen MR) is 78.8 cm³/mol. The molecule has 6 heteroatoms. The molecule has 1 aromatic carbocycles. The van der Waals surface area contributed by atoms with Crippen molar-refractivity contribution in [1.29, 1.82) is 0 Å². The van der Waals surface area contributed by atoms with E-state index in [1.165, 1.54) is 12.1 Å². The maximum absolute atomic E-state index is 12.4. The molecule has 1 aliphatic carbocycles. The molecule has 0 radical (unpaired) electrons. The molecule has 0 unspecified atom stereocenters. The number of rotatable bonds is 4. The summed E-state index contributed by atoms with van der Waals surface area (Å²) in [6.07, 6.45) is -2.79. The number of ketones is 1. The number of ether oxygens (including phenoxy) is 1. The Morgan fingerprint density at radius 3 is 2.29 bits per heavy atom. The molecule has 1 fully saturated rings. The molecule has 1 saturated carbocycles. The average Bonchev–Trinajstić information content (AvgIpc) is 2.40. The van der Waals surface area contributed by atoms with E-state index < -0.39 is 11.8 Å². The van der Waals surface area contributed by atoms with Crippen molar-refractivity contribution < 1.29 is 22.7 Å². The molecular weight excluding hydrogens is 349 g/mol. The van der Waals surface area contributed by atoms with E-state index in [1.807, 2.05) is 13.8 Å². The van der Waals surface area contributed by atoms with Gasteiger partial charge in [-0.1, -0.05) is 54.4 Å². The molecule has 0 N–H and O–H groups in total. The molecular formula is C15H18BrF3O2. The third-order valence-electron chi connectivity index (χ3n) is 3.49. The Labute approximate surface area is 130 Å². The first-order chi connectivity index (χ1) is 9.89. The maximum atomic E-state index is 12.4. The van der Waals surface area contributed by atoms with Gasteiger partial charge in [0.1, 0.15) is 5.75 Å². The Kier molecular flexibility index (Phi) is 6.25. The van der Waals surface area contributed by atoms with E-state index in [9.17, 15) is 18.0 Å². The highest BCUT2D eigenvalue weighted by Crippen LogP contribution is 2.48. The Morgan fingerprint density at radius 2 is 1.86 bits per heavy atom. The predicted octanol–water partition coefficient (Wildman–Crippen LogP) is 5.00. The van der Waals surface area contributed by atoms with Gasteiger partial charge in [0.2, 0.25) is 0 Å². The lowest BCUT2D eigenvalue weighted by Gasteiger charge is -2.41. The second kappa shape index (κ2) is 7.29. The molecule has 0 atom stereocenters. The number of hydrogen-bond donors (Lipinski definition) is 0. The van der Waals surface area contributed by atoms with Crippen molar-refractivity contribution in [3.05, 3.63) is 29.8 Å². The first-order valence-electron chi connectivity index (χ1n) is 6.83. The fraction of sp³-hybridized carbons (Fsp3) is 0.533. The van der Waals surface area contributed by atoms with Crippen LogP contribution in [0.3, 0.4) is 0 Å². The van der Waals surface area contributed by atoms with E-state index in [-0.39, 0.29) is 16.9 Å². The molecule has 0 aliphatic heterocycles. The highest BCUT2D eigenvalue weighted by Gasteiger charge is 2.47. The largest absolute Gasteiger partial charge is 0.573 e. The molecule has 2 nitrogen and oxygen atoms in total. The van der Waals surface area contributed by atoms with Gasteiger partial charge in [0.25, 0.3) is 0 Å². The van der Waals surface area contributed by atoms with E-state index >= 15 is 0 Å². The lowest BCUT2D eigenvalue weighted by Crippen LogP contribution is -2.43. The number of hydrogen-bond acceptors (Lipinski definition) is 2. The first kappa shape index (κ1) is 18.0. The fourth-order valence-electron chi connectivity index (χ4n) is 2.43. The number of Topliss-reactive ketones (excluding diaryl/α,β-unsaturated/α-hetero) is 1. The minimum atomic E-state index is -4.75. The second-order valence-corrected chi connectivity index (χ2v) is 5.10. The third-order valence-corrected chi connectivity index (χ3v) is 4.00. The van der Waals surface area contributed by atoms with Gasteiger partial charge in [-0.15, -0.1) is 13.2 Å². The van der Waals surface area contributed by atoms with Crippen LogP contribution in [0.4, 0.5) is 13.2 Å². The van der Waals surface area contributed by atoms with E-state index in [4.69, 9.17) is 0 Å². The van der Waals surface area contributed by atoms with Crippen molar-refractivity contribution in [2.45, 2.75) is 44.9 Å². The summed E-state index contributed by atoms with van der Waals surface area (Å²) in [5.41, 5.74) is -0.492. The summed E-state index contributed by atoms with van der Waals surface area (Å²) in [7, 11) is 0. The van der Waals surface area contributed by atoms with Gasteiger partial charge in [0.05, 0.1) is 10.7 Å². The molecule has 21 heavy (non-hydrogen) atoms. The maximum Gasteiger partial charge on any atom is 0.573 e. The third kappa shape index (κ3) is 3.99. The van der Waals surface area contributed by atoms with Crippen LogP contribution in [0.1, 0.15) is 38.7 Å². The number of alkyl halides is 4. The Hall–Kier alpha value is -1.04. The molecule has 0 amide bonds. The number of halogens is 4. The van der Waals surface area contributed by atoms with Gasteiger partial charge < -0.3 is 4.74 Å². The van der Waals surface area contributed by atoms with Gasteiger partial charge in [0.15, 0.2) is 5.78 Å². The van der Waals surface area contributed by atoms with Gasteiger partial charge in [-0.2, -0.15) is 0 Å². The Balaban J connectivity index is 0.00000106. The van der Waals surface area contributed by atoms with Crippen LogP contribution in [-0.2, 0) is 10.2 Å². The van der Waals surface area contributed by atoms with Crippen molar-refractivity contribution in [3.63, 3.8) is 0 Å². The van der Waals surface area contributed by atoms with E-state index in [0.29, 0.717) is 18.4 Å². The summed E-state index contributed by atoms with van der Waals surface area (Å²) in [4.78, 5) is 12.1. The molecule has 1 aliphatic rings. The van der Waals surface area contributed by atoms with Crippen LogP contribution in [-0.4, -0.2) is 17.5 Å². The molecule has 0 bridgehead atoms. The molecule has 0 aromatic heterocycles. The van der Waals surface area contributed by atoms with Crippen LogP contribution in [0.15, 0.2) is 24.3 Å². The zero-order valence-electron chi connectivity index (χ0n) is 12.0. The van der Waals surface area contributed by atoms with E-state index in [0.717, 1.165) is 6.42 Å². The second-order valence-electron chi connectivity index (χ2n) is 4.54. The van der Waals surface area contributed by atoms with Crippen LogP contribution >= 0.6 is 15.9 Å². The molecule has 0 spiro atoms. The smallest absolute Gasteiger partial charge is 0.405 e. The topological polar surface area (TPSA) is 26.3 Å². The summed E-state index contributed by atoms with van der Waals surface area (Å²) >= 11 is 3.10. The molecule has 118 valence electrons. The van der Waals surface area contributed by atoms with Crippen LogP contribution in [0.25, 0.3) is 0 Å². The zero-order chi connectivity index (χ0) is 16.1. The van der Waals surface area contributed by atoms with Crippen LogP contribution in [0, 0.1) is 0 Å². The van der Waals surface area contributed by atoms with Gasteiger partial charge in [-0.25, -0.2) is 0 Å². The van der Waals surface area contributed by atoms with Crippen molar-refractivity contribution in [2.24, 2.45) is 0 Å². The Morgan fingerprint density at radius 1 is 1.29 bits per heavy atom. The van der Waals surface area contributed by atoms with Crippen molar-refractivity contribution >= 4 is 21.7 Å². The minimum Gasteiger partial charge on any atom is -0.405 e. The van der Waals surface area contributed by atoms with Crippen LogP contribution < -0.4 is 4.74 Å². The SMILES string of the molecule is CC.O=C(CBr)C1(c2ccccc2OC(F)(F)F)CCC1. The normalized spacial score (nSPS) is 16.3. The minimum absolute atomic E-state index is 0.100. The van der Waals surface area contributed by atoms with Gasteiger partial charge in [0, 0.05) is 5.56 Å². The van der Waals surface area contributed by atoms with Crippen LogP contribution in [0.2, 0.25) is 0 Å². The number of carbonyl (C=O) groups is 1. The highest BCUT2D eigenvalue weighted by atomic mass is 79.9. The van der Waals surface area contributed by atoms with Gasteiger partial charge >= 0.3 is 6.36 Å². The van der Waals surface area contributed by atoms with Crippen molar-refractivity contribution in [3.8, 4) is 5.75 Å². The summed E-state index contributed by atoms with van der Waals surface area (Å²) < 4.78 is 41.2. The van der Waals surface area contributed by atoms with Gasteiger partial charge in [-0.05, 0) is 18.9 Å². The summed E-state index contributed by atoms with van der Waals surface area (Å²) in [6, 6.07) is 5.89. The highest BCUT2D eigenvalue weighted by molar-refractivity contribution is 9.09. The summed E-state index contributed by atoms with van der Waals surface area (Å²) in [6.45, 7) is 4.00. The number of para-hydroxylation sites is 1. The van der Waals surface area contributed by atoms with Gasteiger partial charge in [-0.3, -0.25) is 4.79 Å². The zero-order valence-corrected chi connectivity index (χ0v) is 13.6. The summed E-state index contributed by atoms with van der Waals surface area (Å²) in [5, 5.41) is 0.132. The lowest BCUT2D eigenvalue weighted by molar-refractivity contribution is -0.275. The molecule has 1 aromatic rings. The average molecular weight is 367 g/mol. The number of benzene rings is 1. The Bertz CT molecular complexity index is 482. The molecule has 0 saturated heterocycles. The van der Waals surface area contributed by atoms with E-state index in [2.05, 4.69) is 20.7 Å². The first-order valence-corrected chi connectivity index (χ1v) is 7.96. The lowest BCUT2D eigenvalue weighted by atomic mass is 9.62. The number of carbonyl (C=O) groups excluding carboxylic acids is 1. The van der Waals surface area contributed by atoms with Crippen molar-refractivity contribution in [2.75, 3.05) is 5.33 Å². The molecule has 0 heterocycles. The summed E-state index contributed by atoms with van der Waals surface area (Å²) in [5.74, 6) is -0.374. The monoisotopic (exact) mass is 366 g/mol. The standard InChI is InChI=1S/C13H12BrF3O2.C2H6/c14-8-11(18)12(6-3-7-12)9-4-1-2-5-10(9)19-13(15,16)17;1-2/h1-2,4-5H,3,6-8H2;1-2H3. The van der Waals surface area contributed by atoms with E-state index in [1.54, 1.807) is 12.1 Å². The van der Waals surface area contributed by atoms with Crippen molar-refractivity contribution in [1.82, 2.24) is 0 Å².